The fourth-order valence-electron chi connectivity index (χ4n) is 0.637. The highest BCUT2D eigenvalue weighted by atomic mass is 19.1. The third-order valence-corrected chi connectivity index (χ3v) is 1.11. The van der Waals surface area contributed by atoms with Gasteiger partial charge in [0.05, 0.1) is 0 Å². The zero-order chi connectivity index (χ0) is 9.56. The second-order valence-corrected chi connectivity index (χ2v) is 2.43. The molecule has 0 saturated heterocycles. The molecule has 1 N–H and O–H groups in total. The largest absolute Gasteiger partial charge is 0.360 e. The monoisotopic (exact) mass is 167 g/mol. The van der Waals surface area contributed by atoms with Gasteiger partial charge in [0.25, 0.3) is 0 Å². The molecule has 66 valence electrons. The molecule has 0 spiro atoms. The van der Waals surface area contributed by atoms with Gasteiger partial charge in [0, 0.05) is 11.4 Å². The number of rotatable bonds is 4. The molecule has 0 radical (unpaired) electrons. The van der Waals surface area contributed by atoms with E-state index in [2.05, 4.69) is 18.5 Å². The molecule has 0 aliphatic heterocycles. The lowest BCUT2D eigenvalue weighted by Crippen LogP contribution is -2.06. The summed E-state index contributed by atoms with van der Waals surface area (Å²) in [5.74, 6) is -0.460. The van der Waals surface area contributed by atoms with E-state index in [-0.39, 0.29) is 0 Å². The van der Waals surface area contributed by atoms with E-state index in [1.165, 1.54) is 6.08 Å². The van der Waals surface area contributed by atoms with E-state index in [9.17, 15) is 4.39 Å². The van der Waals surface area contributed by atoms with Crippen molar-refractivity contribution in [3.63, 3.8) is 0 Å². The second kappa shape index (κ2) is 5.35. The van der Waals surface area contributed by atoms with Crippen LogP contribution in [-0.4, -0.2) is 0 Å². The SMILES string of the molecule is C=C(F)/C=C\C(=C/C)NC(=C)C. The molecule has 12 heavy (non-hydrogen) atoms. The number of halogens is 1. The Labute approximate surface area is 73.0 Å². The van der Waals surface area contributed by atoms with E-state index in [4.69, 9.17) is 0 Å². The van der Waals surface area contributed by atoms with Crippen molar-refractivity contribution in [1.29, 1.82) is 0 Å². The minimum absolute atomic E-state index is 0.460. The second-order valence-electron chi connectivity index (χ2n) is 2.43. The predicted octanol–water partition coefficient (Wildman–Crippen LogP) is 3.05. The summed E-state index contributed by atoms with van der Waals surface area (Å²) in [5, 5.41) is 2.96. The first-order chi connectivity index (χ1) is 5.56. The number of hydrogen-bond donors (Lipinski definition) is 1. The molecule has 0 aromatic rings. The van der Waals surface area contributed by atoms with Gasteiger partial charge in [-0.25, -0.2) is 4.39 Å². The molecule has 0 heterocycles. The zero-order valence-corrected chi connectivity index (χ0v) is 7.52. The summed E-state index contributed by atoms with van der Waals surface area (Å²) in [6.07, 6.45) is 4.73. The molecule has 0 aliphatic carbocycles. The van der Waals surface area contributed by atoms with Gasteiger partial charge in [0.15, 0.2) is 0 Å². The van der Waals surface area contributed by atoms with Crippen LogP contribution in [0.3, 0.4) is 0 Å². The fourth-order valence-corrected chi connectivity index (χ4v) is 0.637. The molecule has 2 heteroatoms. The van der Waals surface area contributed by atoms with Crippen molar-refractivity contribution in [2.75, 3.05) is 0 Å². The van der Waals surface area contributed by atoms with Crippen molar-refractivity contribution in [2.24, 2.45) is 0 Å². The van der Waals surface area contributed by atoms with Crippen molar-refractivity contribution in [3.8, 4) is 0 Å². The lowest BCUT2D eigenvalue weighted by molar-refractivity contribution is 0.671. The van der Waals surface area contributed by atoms with Crippen LogP contribution >= 0.6 is 0 Å². The van der Waals surface area contributed by atoms with Crippen LogP contribution in [0.4, 0.5) is 4.39 Å². The van der Waals surface area contributed by atoms with Gasteiger partial charge in [0.1, 0.15) is 5.83 Å². The van der Waals surface area contributed by atoms with Gasteiger partial charge in [-0.2, -0.15) is 0 Å². The Hall–Kier alpha value is -1.31. The fraction of sp³-hybridized carbons (Fsp3) is 0.200. The summed E-state index contributed by atoms with van der Waals surface area (Å²) in [4.78, 5) is 0. The average Bonchev–Trinajstić information content (AvgIpc) is 1.97. The van der Waals surface area contributed by atoms with E-state index >= 15 is 0 Å². The van der Waals surface area contributed by atoms with E-state index < -0.39 is 5.83 Å². The van der Waals surface area contributed by atoms with Crippen LogP contribution in [0.1, 0.15) is 13.8 Å². The molecule has 1 nitrogen and oxygen atoms in total. The first kappa shape index (κ1) is 10.7. The van der Waals surface area contributed by atoms with Crippen molar-refractivity contribution in [3.05, 3.63) is 48.6 Å². The highest BCUT2D eigenvalue weighted by Crippen LogP contribution is 1.99. The van der Waals surface area contributed by atoms with E-state index in [0.717, 1.165) is 11.4 Å². The standard InChI is InChI=1S/C10H14FN/c1-5-10(12-8(2)3)7-6-9(4)11/h5-7,12H,2,4H2,1,3H3/b7-6-,10-5+. The van der Waals surface area contributed by atoms with Crippen LogP contribution < -0.4 is 5.32 Å². The first-order valence-electron chi connectivity index (χ1n) is 3.67. The maximum absolute atomic E-state index is 12.2. The average molecular weight is 167 g/mol. The lowest BCUT2D eigenvalue weighted by atomic mass is 10.3. The van der Waals surface area contributed by atoms with Crippen LogP contribution in [-0.2, 0) is 0 Å². The highest BCUT2D eigenvalue weighted by Gasteiger charge is 1.88. The molecule has 0 aromatic heterocycles. The molecule has 0 fully saturated rings. The molecule has 0 rings (SSSR count). The van der Waals surface area contributed by atoms with Gasteiger partial charge in [-0.1, -0.05) is 19.2 Å². The topological polar surface area (TPSA) is 12.0 Å². The van der Waals surface area contributed by atoms with Crippen LogP contribution in [0, 0.1) is 0 Å². The van der Waals surface area contributed by atoms with Crippen LogP contribution in [0.2, 0.25) is 0 Å². The third-order valence-electron chi connectivity index (χ3n) is 1.11. The summed E-state index contributed by atoms with van der Waals surface area (Å²) in [7, 11) is 0. The third kappa shape index (κ3) is 5.47. The lowest BCUT2D eigenvalue weighted by Gasteiger charge is -2.04. The quantitative estimate of drug-likeness (QED) is 0.634. The summed E-state index contributed by atoms with van der Waals surface area (Å²) in [6.45, 7) is 10.5. The Morgan fingerprint density at radius 2 is 1.92 bits per heavy atom. The molecular weight excluding hydrogens is 153 g/mol. The van der Waals surface area contributed by atoms with E-state index in [1.807, 2.05) is 19.9 Å². The summed E-state index contributed by atoms with van der Waals surface area (Å²) >= 11 is 0. The summed E-state index contributed by atoms with van der Waals surface area (Å²) < 4.78 is 12.2. The Bertz CT molecular complexity index is 236. The smallest absolute Gasteiger partial charge is 0.116 e. The Kier molecular flexibility index (Phi) is 4.77. The molecule has 0 aromatic carbocycles. The van der Waals surface area contributed by atoms with Crippen molar-refractivity contribution in [2.45, 2.75) is 13.8 Å². The van der Waals surface area contributed by atoms with Gasteiger partial charge in [-0.05, 0) is 26.0 Å². The Balaban J connectivity index is 4.20. The predicted molar refractivity (Wildman–Crippen MR) is 51.1 cm³/mol. The van der Waals surface area contributed by atoms with Gasteiger partial charge < -0.3 is 5.32 Å². The number of nitrogens with one attached hydrogen (secondary N) is 1. The molecular formula is C10H14FN. The van der Waals surface area contributed by atoms with Crippen LogP contribution in [0.25, 0.3) is 0 Å². The number of hydrogen-bond acceptors (Lipinski definition) is 1. The molecule has 0 aliphatic rings. The minimum atomic E-state index is -0.460. The van der Waals surface area contributed by atoms with Gasteiger partial charge >= 0.3 is 0 Å². The molecule has 0 unspecified atom stereocenters. The van der Waals surface area contributed by atoms with Crippen molar-refractivity contribution in [1.82, 2.24) is 5.32 Å². The van der Waals surface area contributed by atoms with Crippen molar-refractivity contribution < 1.29 is 4.39 Å². The first-order valence-corrected chi connectivity index (χ1v) is 3.67. The Morgan fingerprint density at radius 1 is 1.33 bits per heavy atom. The highest BCUT2D eigenvalue weighted by molar-refractivity contribution is 5.24. The molecule has 0 amide bonds. The van der Waals surface area contributed by atoms with Crippen molar-refractivity contribution >= 4 is 0 Å². The summed E-state index contributed by atoms with van der Waals surface area (Å²) in [5.41, 5.74) is 1.62. The molecule has 0 saturated carbocycles. The van der Waals surface area contributed by atoms with Gasteiger partial charge in [-0.3, -0.25) is 0 Å². The van der Waals surface area contributed by atoms with Crippen LogP contribution in [0.15, 0.2) is 48.6 Å². The minimum Gasteiger partial charge on any atom is -0.360 e. The summed E-state index contributed by atoms with van der Waals surface area (Å²) in [6, 6.07) is 0. The zero-order valence-electron chi connectivity index (χ0n) is 7.52. The maximum Gasteiger partial charge on any atom is 0.116 e. The van der Waals surface area contributed by atoms with Gasteiger partial charge in [-0.15, -0.1) is 0 Å². The Morgan fingerprint density at radius 3 is 2.25 bits per heavy atom. The van der Waals surface area contributed by atoms with E-state index in [1.54, 1.807) is 6.08 Å². The van der Waals surface area contributed by atoms with Gasteiger partial charge in [0.2, 0.25) is 0 Å². The van der Waals surface area contributed by atoms with Crippen LogP contribution in [0.5, 0.6) is 0 Å². The number of allylic oxidation sites excluding steroid dienone is 5. The molecule has 0 bridgehead atoms. The molecule has 0 atom stereocenters. The van der Waals surface area contributed by atoms with E-state index in [0.29, 0.717) is 0 Å². The maximum atomic E-state index is 12.2. The normalized spacial score (nSPS) is 11.8.